The van der Waals surface area contributed by atoms with Crippen LogP contribution in [0.25, 0.3) is 0 Å². The fourth-order valence-electron chi connectivity index (χ4n) is 3.10. The summed E-state index contributed by atoms with van der Waals surface area (Å²) in [5.41, 5.74) is 6.30. The molecular weight excluding hydrogens is 212 g/mol. The van der Waals surface area contributed by atoms with Gasteiger partial charge in [-0.15, -0.1) is 0 Å². The van der Waals surface area contributed by atoms with Gasteiger partial charge in [0.15, 0.2) is 0 Å². The molecule has 2 fully saturated rings. The molecule has 1 aliphatic heterocycles. The Morgan fingerprint density at radius 1 is 1.06 bits per heavy atom. The molecule has 0 atom stereocenters. The van der Waals surface area contributed by atoms with Crippen LogP contribution in [-0.4, -0.2) is 32.3 Å². The molecule has 0 unspecified atom stereocenters. The predicted octanol–water partition coefficient (Wildman–Crippen LogP) is 2.05. The van der Waals surface area contributed by atoms with Gasteiger partial charge in [-0.05, 0) is 37.6 Å². The molecule has 0 bridgehead atoms. The predicted molar refractivity (Wildman–Crippen MR) is 71.0 cm³/mol. The van der Waals surface area contributed by atoms with Crippen molar-refractivity contribution in [2.45, 2.75) is 57.4 Å². The van der Waals surface area contributed by atoms with Gasteiger partial charge in [0.25, 0.3) is 0 Å². The summed E-state index contributed by atoms with van der Waals surface area (Å²) in [5, 5.41) is 3.79. The Labute approximate surface area is 105 Å². The van der Waals surface area contributed by atoms with E-state index in [1.165, 1.54) is 38.5 Å². The van der Waals surface area contributed by atoms with Crippen molar-refractivity contribution in [1.29, 1.82) is 0 Å². The summed E-state index contributed by atoms with van der Waals surface area (Å²) in [6.07, 6.45) is 10.6. The minimum atomic E-state index is 0.310. The van der Waals surface area contributed by atoms with E-state index in [-0.39, 0.29) is 0 Å². The lowest BCUT2D eigenvalue weighted by Gasteiger charge is -2.37. The molecule has 0 aromatic carbocycles. The third-order valence-electron chi connectivity index (χ3n) is 4.61. The fraction of sp³-hybridized carbons (Fsp3) is 1.00. The zero-order valence-electron chi connectivity index (χ0n) is 11.0. The molecule has 3 nitrogen and oxygen atoms in total. The average molecular weight is 240 g/mol. The fourth-order valence-corrected chi connectivity index (χ4v) is 3.10. The number of ether oxygens (including phenoxy) is 1. The first-order valence-corrected chi connectivity index (χ1v) is 7.36. The second-order valence-electron chi connectivity index (χ2n) is 5.89. The van der Waals surface area contributed by atoms with Crippen LogP contribution < -0.4 is 11.1 Å². The molecule has 2 rings (SSSR count). The summed E-state index contributed by atoms with van der Waals surface area (Å²) in [7, 11) is 0. The maximum atomic E-state index is 5.99. The van der Waals surface area contributed by atoms with E-state index in [4.69, 9.17) is 10.5 Å². The molecule has 1 saturated heterocycles. The zero-order chi connectivity index (χ0) is 12.0. The number of hydrogen-bond acceptors (Lipinski definition) is 3. The minimum absolute atomic E-state index is 0.310. The van der Waals surface area contributed by atoms with Gasteiger partial charge in [-0.1, -0.05) is 25.7 Å². The quantitative estimate of drug-likeness (QED) is 0.739. The molecule has 1 saturated carbocycles. The van der Waals surface area contributed by atoms with Crippen molar-refractivity contribution in [2.24, 2.45) is 11.1 Å². The third kappa shape index (κ3) is 3.94. The molecule has 100 valence electrons. The van der Waals surface area contributed by atoms with Gasteiger partial charge in [0.2, 0.25) is 0 Å². The monoisotopic (exact) mass is 240 g/mol. The van der Waals surface area contributed by atoms with E-state index in [2.05, 4.69) is 5.32 Å². The van der Waals surface area contributed by atoms with Gasteiger partial charge in [0.1, 0.15) is 0 Å². The van der Waals surface area contributed by atoms with E-state index in [9.17, 15) is 0 Å². The van der Waals surface area contributed by atoms with Gasteiger partial charge in [-0.25, -0.2) is 0 Å². The minimum Gasteiger partial charge on any atom is -0.381 e. The van der Waals surface area contributed by atoms with Crippen LogP contribution in [-0.2, 0) is 4.74 Å². The molecule has 3 heteroatoms. The molecule has 0 spiro atoms. The molecule has 3 N–H and O–H groups in total. The Morgan fingerprint density at radius 3 is 2.29 bits per heavy atom. The largest absolute Gasteiger partial charge is 0.381 e. The van der Waals surface area contributed by atoms with E-state index in [1.54, 1.807) is 0 Å². The van der Waals surface area contributed by atoms with Crippen LogP contribution >= 0.6 is 0 Å². The highest BCUT2D eigenvalue weighted by Gasteiger charge is 2.31. The normalized spacial score (nSPS) is 26.6. The van der Waals surface area contributed by atoms with Gasteiger partial charge in [0.05, 0.1) is 0 Å². The van der Waals surface area contributed by atoms with E-state index >= 15 is 0 Å². The summed E-state index contributed by atoms with van der Waals surface area (Å²) >= 11 is 0. The lowest BCUT2D eigenvalue weighted by Crippen LogP contribution is -2.47. The first kappa shape index (κ1) is 13.3. The van der Waals surface area contributed by atoms with Crippen molar-refractivity contribution >= 4 is 0 Å². The van der Waals surface area contributed by atoms with Gasteiger partial charge < -0.3 is 15.8 Å². The molecule has 1 aliphatic carbocycles. The van der Waals surface area contributed by atoms with Crippen molar-refractivity contribution in [3.63, 3.8) is 0 Å². The van der Waals surface area contributed by atoms with E-state index < -0.39 is 0 Å². The van der Waals surface area contributed by atoms with Crippen molar-refractivity contribution < 1.29 is 4.74 Å². The van der Waals surface area contributed by atoms with Gasteiger partial charge in [0, 0.05) is 25.8 Å². The van der Waals surface area contributed by atoms with Crippen molar-refractivity contribution in [2.75, 3.05) is 26.3 Å². The van der Waals surface area contributed by atoms with Crippen LogP contribution in [0.2, 0.25) is 0 Å². The second kappa shape index (κ2) is 6.72. The Hall–Kier alpha value is -0.120. The number of nitrogens with one attached hydrogen (secondary N) is 1. The highest BCUT2D eigenvalue weighted by atomic mass is 16.5. The van der Waals surface area contributed by atoms with Crippen LogP contribution in [0.4, 0.5) is 0 Å². The van der Waals surface area contributed by atoms with Crippen molar-refractivity contribution in [3.05, 3.63) is 0 Å². The van der Waals surface area contributed by atoms with Gasteiger partial charge in [-0.2, -0.15) is 0 Å². The smallest absolute Gasteiger partial charge is 0.0472 e. The molecular formula is C14H28N2O. The van der Waals surface area contributed by atoms with Crippen LogP contribution in [0.5, 0.6) is 0 Å². The SMILES string of the molecule is NCC1(CNC2CCCCCC2)CCOCC1. The summed E-state index contributed by atoms with van der Waals surface area (Å²) < 4.78 is 5.46. The van der Waals surface area contributed by atoms with E-state index in [0.29, 0.717) is 5.41 Å². The highest BCUT2D eigenvalue weighted by Crippen LogP contribution is 2.29. The maximum Gasteiger partial charge on any atom is 0.0472 e. The van der Waals surface area contributed by atoms with Crippen molar-refractivity contribution in [3.8, 4) is 0 Å². The highest BCUT2D eigenvalue weighted by molar-refractivity contribution is 4.86. The molecule has 2 aliphatic rings. The topological polar surface area (TPSA) is 47.3 Å². The summed E-state index contributed by atoms with van der Waals surface area (Å²) in [4.78, 5) is 0. The summed E-state index contributed by atoms with van der Waals surface area (Å²) in [6.45, 7) is 3.68. The summed E-state index contributed by atoms with van der Waals surface area (Å²) in [6, 6.07) is 0.740. The molecule has 0 amide bonds. The maximum absolute atomic E-state index is 5.99. The first-order chi connectivity index (χ1) is 8.35. The summed E-state index contributed by atoms with van der Waals surface area (Å²) in [5.74, 6) is 0. The Morgan fingerprint density at radius 2 is 1.71 bits per heavy atom. The molecule has 0 radical (unpaired) electrons. The Bertz CT molecular complexity index is 206. The third-order valence-corrected chi connectivity index (χ3v) is 4.61. The van der Waals surface area contributed by atoms with E-state index in [0.717, 1.165) is 45.2 Å². The van der Waals surface area contributed by atoms with Crippen LogP contribution in [0, 0.1) is 5.41 Å². The van der Waals surface area contributed by atoms with E-state index in [1.807, 2.05) is 0 Å². The lowest BCUT2D eigenvalue weighted by atomic mass is 9.80. The van der Waals surface area contributed by atoms with Gasteiger partial charge in [-0.3, -0.25) is 0 Å². The standard InChI is InChI=1S/C14H28N2O/c15-11-14(7-9-17-10-8-14)12-16-13-5-3-1-2-4-6-13/h13,16H,1-12,15H2. The first-order valence-electron chi connectivity index (χ1n) is 7.36. The number of hydrogen-bond donors (Lipinski definition) is 2. The molecule has 0 aromatic rings. The van der Waals surface area contributed by atoms with Gasteiger partial charge >= 0.3 is 0 Å². The van der Waals surface area contributed by atoms with Crippen LogP contribution in [0.1, 0.15) is 51.4 Å². The Balaban J connectivity index is 1.77. The molecule has 17 heavy (non-hydrogen) atoms. The lowest BCUT2D eigenvalue weighted by molar-refractivity contribution is 0.0177. The van der Waals surface area contributed by atoms with Crippen LogP contribution in [0.3, 0.4) is 0 Å². The molecule has 1 heterocycles. The average Bonchev–Trinajstić information content (AvgIpc) is 2.66. The molecule has 0 aromatic heterocycles. The Kier molecular flexibility index (Phi) is 5.26. The number of rotatable bonds is 4. The second-order valence-corrected chi connectivity index (χ2v) is 5.89. The number of nitrogens with two attached hydrogens (primary N) is 1. The van der Waals surface area contributed by atoms with Crippen molar-refractivity contribution in [1.82, 2.24) is 5.32 Å². The zero-order valence-corrected chi connectivity index (χ0v) is 11.0. The van der Waals surface area contributed by atoms with Crippen LogP contribution in [0.15, 0.2) is 0 Å².